The second kappa shape index (κ2) is 5.47. The van der Waals surface area contributed by atoms with Gasteiger partial charge in [0.25, 0.3) is 0 Å². The standard InChI is InChI=1S/C13H12BrF2NS/c1-7-5-11(18-13(7)14)12(17-2)9-6-8(15)3-4-10(9)16/h3-6,12,17H,1-2H3. The second-order valence-corrected chi connectivity index (χ2v) is 6.39. The summed E-state index contributed by atoms with van der Waals surface area (Å²) in [6.45, 7) is 1.97. The van der Waals surface area contributed by atoms with Crippen LogP contribution in [-0.4, -0.2) is 7.05 Å². The third kappa shape index (κ3) is 2.63. The normalized spacial score (nSPS) is 12.7. The van der Waals surface area contributed by atoms with Crippen molar-refractivity contribution in [3.8, 4) is 0 Å². The summed E-state index contributed by atoms with van der Waals surface area (Å²) in [5.41, 5.74) is 1.42. The molecule has 0 aliphatic heterocycles. The minimum atomic E-state index is -0.431. The molecule has 96 valence electrons. The summed E-state index contributed by atoms with van der Waals surface area (Å²) in [5, 5.41) is 3.03. The maximum Gasteiger partial charge on any atom is 0.128 e. The lowest BCUT2D eigenvalue weighted by molar-refractivity contribution is 0.560. The zero-order chi connectivity index (χ0) is 13.3. The van der Waals surface area contributed by atoms with Gasteiger partial charge in [0.1, 0.15) is 11.6 Å². The fraction of sp³-hybridized carbons (Fsp3) is 0.231. The third-order valence-electron chi connectivity index (χ3n) is 2.72. The molecule has 1 N–H and O–H groups in total. The lowest BCUT2D eigenvalue weighted by Gasteiger charge is -2.15. The Labute approximate surface area is 117 Å². The first kappa shape index (κ1) is 13.6. The summed E-state index contributed by atoms with van der Waals surface area (Å²) in [7, 11) is 1.73. The second-order valence-electron chi connectivity index (χ2n) is 3.99. The molecule has 0 saturated carbocycles. The molecule has 0 aliphatic carbocycles. The molecule has 1 nitrogen and oxygen atoms in total. The molecule has 0 fully saturated rings. The van der Waals surface area contributed by atoms with E-state index in [-0.39, 0.29) is 6.04 Å². The highest BCUT2D eigenvalue weighted by Crippen LogP contribution is 2.35. The van der Waals surface area contributed by atoms with Gasteiger partial charge in [-0.1, -0.05) is 0 Å². The molecule has 2 aromatic rings. The first-order valence-electron chi connectivity index (χ1n) is 5.41. The van der Waals surface area contributed by atoms with E-state index in [9.17, 15) is 8.78 Å². The van der Waals surface area contributed by atoms with E-state index < -0.39 is 11.6 Å². The van der Waals surface area contributed by atoms with E-state index in [1.165, 1.54) is 17.4 Å². The van der Waals surface area contributed by atoms with Crippen molar-refractivity contribution in [2.24, 2.45) is 0 Å². The Morgan fingerprint density at radius 2 is 2.00 bits per heavy atom. The Balaban J connectivity index is 2.48. The van der Waals surface area contributed by atoms with E-state index in [1.54, 1.807) is 7.05 Å². The van der Waals surface area contributed by atoms with Crippen LogP contribution in [0.5, 0.6) is 0 Å². The van der Waals surface area contributed by atoms with E-state index in [1.807, 2.05) is 13.0 Å². The monoisotopic (exact) mass is 331 g/mol. The van der Waals surface area contributed by atoms with E-state index in [4.69, 9.17) is 0 Å². The molecule has 5 heteroatoms. The summed E-state index contributed by atoms with van der Waals surface area (Å²) >= 11 is 4.96. The van der Waals surface area contributed by atoms with Gasteiger partial charge >= 0.3 is 0 Å². The number of hydrogen-bond donors (Lipinski definition) is 1. The number of rotatable bonds is 3. The van der Waals surface area contributed by atoms with Gasteiger partial charge in [0.05, 0.1) is 9.83 Å². The summed E-state index contributed by atoms with van der Waals surface area (Å²) in [5.74, 6) is -0.836. The molecule has 1 unspecified atom stereocenters. The van der Waals surface area contributed by atoms with E-state index in [2.05, 4.69) is 21.2 Å². The van der Waals surface area contributed by atoms with Crippen molar-refractivity contribution in [3.05, 3.63) is 55.7 Å². The molecule has 2 rings (SSSR count). The van der Waals surface area contributed by atoms with Gasteiger partial charge in [0.2, 0.25) is 0 Å². The van der Waals surface area contributed by atoms with Gasteiger partial charge in [-0.05, 0) is 59.7 Å². The van der Waals surface area contributed by atoms with E-state index in [0.717, 1.165) is 26.4 Å². The van der Waals surface area contributed by atoms with Crippen molar-refractivity contribution >= 4 is 27.3 Å². The first-order valence-corrected chi connectivity index (χ1v) is 7.02. The van der Waals surface area contributed by atoms with Gasteiger partial charge in [-0.15, -0.1) is 11.3 Å². The molecule has 1 aromatic heterocycles. The average Bonchev–Trinajstić information content (AvgIpc) is 2.65. The molecule has 0 aliphatic rings. The molecule has 0 spiro atoms. The minimum absolute atomic E-state index is 0.325. The number of hydrogen-bond acceptors (Lipinski definition) is 2. The zero-order valence-corrected chi connectivity index (χ0v) is 12.3. The maximum absolute atomic E-state index is 13.8. The molecule has 0 saturated heterocycles. The van der Waals surface area contributed by atoms with Crippen molar-refractivity contribution in [1.29, 1.82) is 0 Å². The van der Waals surface area contributed by atoms with Crippen LogP contribution in [0, 0.1) is 18.6 Å². The molecule has 0 amide bonds. The average molecular weight is 332 g/mol. The summed E-state index contributed by atoms with van der Waals surface area (Å²) < 4.78 is 28.0. The highest BCUT2D eigenvalue weighted by atomic mass is 79.9. The minimum Gasteiger partial charge on any atom is -0.309 e. The predicted octanol–water partition coefficient (Wildman–Crippen LogP) is 4.41. The summed E-state index contributed by atoms with van der Waals surface area (Å²) in [4.78, 5) is 0.950. The van der Waals surface area contributed by atoms with Crippen LogP contribution < -0.4 is 5.32 Å². The van der Waals surface area contributed by atoms with Crippen LogP contribution in [-0.2, 0) is 0 Å². The van der Waals surface area contributed by atoms with Crippen LogP contribution in [0.3, 0.4) is 0 Å². The van der Waals surface area contributed by atoms with Gasteiger partial charge in [-0.25, -0.2) is 8.78 Å². The molecule has 0 bridgehead atoms. The Morgan fingerprint density at radius 3 is 2.56 bits per heavy atom. The fourth-order valence-electron chi connectivity index (χ4n) is 1.81. The molecule has 18 heavy (non-hydrogen) atoms. The molecular weight excluding hydrogens is 320 g/mol. The van der Waals surface area contributed by atoms with Crippen molar-refractivity contribution in [1.82, 2.24) is 5.32 Å². The van der Waals surface area contributed by atoms with Crippen LogP contribution in [0.1, 0.15) is 22.0 Å². The van der Waals surface area contributed by atoms with E-state index >= 15 is 0 Å². The topological polar surface area (TPSA) is 12.0 Å². The number of halogens is 3. The quantitative estimate of drug-likeness (QED) is 0.878. The third-order valence-corrected chi connectivity index (χ3v) is 4.92. The maximum atomic E-state index is 13.8. The van der Waals surface area contributed by atoms with Crippen molar-refractivity contribution in [2.75, 3.05) is 7.05 Å². The largest absolute Gasteiger partial charge is 0.309 e. The summed E-state index contributed by atoms with van der Waals surface area (Å²) in [6.07, 6.45) is 0. The molecular formula is C13H12BrF2NS. The highest BCUT2D eigenvalue weighted by molar-refractivity contribution is 9.11. The molecule has 1 atom stereocenters. The van der Waals surface area contributed by atoms with Gasteiger partial charge in [0, 0.05) is 10.4 Å². The van der Waals surface area contributed by atoms with Crippen LogP contribution in [0.2, 0.25) is 0 Å². The lowest BCUT2D eigenvalue weighted by atomic mass is 10.0. The summed E-state index contributed by atoms with van der Waals surface area (Å²) in [6, 6.07) is 5.15. The van der Waals surface area contributed by atoms with Crippen molar-refractivity contribution in [2.45, 2.75) is 13.0 Å². The van der Waals surface area contributed by atoms with Gasteiger partial charge in [-0.3, -0.25) is 0 Å². The number of aryl methyl sites for hydroxylation is 1. The van der Waals surface area contributed by atoms with Crippen molar-refractivity contribution in [3.63, 3.8) is 0 Å². The van der Waals surface area contributed by atoms with Gasteiger partial charge in [0.15, 0.2) is 0 Å². The zero-order valence-electron chi connectivity index (χ0n) is 9.93. The lowest BCUT2D eigenvalue weighted by Crippen LogP contribution is -2.18. The van der Waals surface area contributed by atoms with Gasteiger partial charge < -0.3 is 5.32 Å². The highest BCUT2D eigenvalue weighted by Gasteiger charge is 2.19. The fourth-order valence-corrected chi connectivity index (χ4v) is 3.51. The first-order chi connectivity index (χ1) is 8.52. The number of thiophene rings is 1. The smallest absolute Gasteiger partial charge is 0.128 e. The Morgan fingerprint density at radius 1 is 1.28 bits per heavy atom. The Bertz CT molecular complexity index is 549. The predicted molar refractivity (Wildman–Crippen MR) is 74.0 cm³/mol. The Kier molecular flexibility index (Phi) is 4.14. The van der Waals surface area contributed by atoms with Crippen LogP contribution >= 0.6 is 27.3 Å². The van der Waals surface area contributed by atoms with Crippen LogP contribution in [0.15, 0.2) is 28.1 Å². The van der Waals surface area contributed by atoms with Crippen molar-refractivity contribution < 1.29 is 8.78 Å². The SMILES string of the molecule is CNC(c1cc(C)c(Br)s1)c1cc(F)ccc1F. The van der Waals surface area contributed by atoms with Crippen LogP contribution in [0.25, 0.3) is 0 Å². The molecule has 1 heterocycles. The van der Waals surface area contributed by atoms with Gasteiger partial charge in [-0.2, -0.15) is 0 Å². The number of benzene rings is 1. The van der Waals surface area contributed by atoms with Crippen LogP contribution in [0.4, 0.5) is 8.78 Å². The molecule has 0 radical (unpaired) electrons. The number of nitrogens with one attached hydrogen (secondary N) is 1. The Hall–Kier alpha value is -0.780. The van der Waals surface area contributed by atoms with E-state index in [0.29, 0.717) is 5.56 Å². The molecule has 1 aromatic carbocycles.